The molecule has 288 valence electrons. The number of amides is 2. The predicted molar refractivity (Wildman–Crippen MR) is 211 cm³/mol. The fourth-order valence-corrected chi connectivity index (χ4v) is 9.10. The van der Waals surface area contributed by atoms with Crippen molar-refractivity contribution in [2.24, 2.45) is 10.8 Å². The number of hydrogen-bond donors (Lipinski definition) is 2. The summed E-state index contributed by atoms with van der Waals surface area (Å²) in [7, 11) is 3.11. The van der Waals surface area contributed by atoms with Gasteiger partial charge >= 0.3 is 12.2 Å². The molecular formula is C37H41BrF2N6O5S3. The third-order valence-corrected chi connectivity index (χ3v) is 11.2. The van der Waals surface area contributed by atoms with Gasteiger partial charge in [-0.2, -0.15) is 8.78 Å². The van der Waals surface area contributed by atoms with Crippen molar-refractivity contribution >= 4 is 62.6 Å². The number of nitrogens with zero attached hydrogens (tertiary/aromatic N) is 5. The number of hydrogen-bond acceptors (Lipinski definition) is 11. The predicted octanol–water partition coefficient (Wildman–Crippen LogP) is 10.6. The van der Waals surface area contributed by atoms with Gasteiger partial charge in [0.25, 0.3) is 0 Å². The lowest BCUT2D eigenvalue weighted by atomic mass is 9.89. The Morgan fingerprint density at radius 2 is 1.59 bits per heavy atom. The average molecular weight is 864 g/mol. The Balaban J connectivity index is 0.000000252. The third kappa shape index (κ3) is 11.7. The molecule has 0 saturated carbocycles. The summed E-state index contributed by atoms with van der Waals surface area (Å²) in [5, 5.41) is 13.0. The van der Waals surface area contributed by atoms with E-state index in [-0.39, 0.29) is 12.0 Å². The van der Waals surface area contributed by atoms with Crippen molar-refractivity contribution in [2.45, 2.75) is 63.3 Å². The SMILES string of the molecule is CC(C)(C)CN(Cc1nc(-c2cccnc2F)c(Br)s1)C(=O)O.CNC(=O)OC(c1nc(-c2cccnc2F)c(Sc2cccc(OC)c2)s1)C(C)(C)C. The molecule has 4 aromatic heterocycles. The van der Waals surface area contributed by atoms with E-state index >= 15 is 0 Å². The number of alkyl carbamates (subject to hydrolysis) is 1. The number of pyridine rings is 2. The number of ether oxygens (including phenoxy) is 2. The van der Waals surface area contributed by atoms with Crippen LogP contribution in [0.2, 0.25) is 0 Å². The van der Waals surface area contributed by atoms with Crippen molar-refractivity contribution < 1.29 is 33.0 Å². The van der Waals surface area contributed by atoms with Gasteiger partial charge in [-0.15, -0.1) is 22.7 Å². The summed E-state index contributed by atoms with van der Waals surface area (Å²) in [6.45, 7) is 12.3. The Morgan fingerprint density at radius 1 is 0.963 bits per heavy atom. The molecular weight excluding hydrogens is 823 g/mol. The molecule has 17 heteroatoms. The lowest BCUT2D eigenvalue weighted by Gasteiger charge is -2.28. The lowest BCUT2D eigenvalue weighted by Crippen LogP contribution is -2.36. The number of benzene rings is 1. The van der Waals surface area contributed by atoms with Gasteiger partial charge in [-0.1, -0.05) is 59.4 Å². The highest BCUT2D eigenvalue weighted by atomic mass is 79.9. The van der Waals surface area contributed by atoms with Crippen LogP contribution in [0.1, 0.15) is 57.7 Å². The van der Waals surface area contributed by atoms with Crippen LogP contribution >= 0.6 is 50.4 Å². The zero-order chi connectivity index (χ0) is 39.8. The quantitative estimate of drug-likeness (QED) is 0.130. The van der Waals surface area contributed by atoms with Gasteiger partial charge in [-0.05, 0) is 63.8 Å². The normalized spacial score (nSPS) is 12.0. The van der Waals surface area contributed by atoms with E-state index in [1.165, 1.54) is 58.8 Å². The van der Waals surface area contributed by atoms with E-state index < -0.39 is 35.6 Å². The second kappa shape index (κ2) is 18.4. The zero-order valence-corrected chi connectivity index (χ0v) is 35.0. The van der Waals surface area contributed by atoms with Crippen LogP contribution in [0.5, 0.6) is 5.75 Å². The number of nitrogens with one attached hydrogen (secondary N) is 1. The molecule has 0 fully saturated rings. The summed E-state index contributed by atoms with van der Waals surface area (Å²) in [6.07, 6.45) is 0.602. The number of aromatic nitrogens is 4. The first kappa shape index (κ1) is 42.6. The summed E-state index contributed by atoms with van der Waals surface area (Å²) in [5.41, 5.74) is 0.908. The number of methoxy groups -OCH3 is 1. The Bertz CT molecular complexity index is 2070. The monoisotopic (exact) mass is 862 g/mol. The molecule has 0 radical (unpaired) electrons. The molecule has 0 saturated heterocycles. The van der Waals surface area contributed by atoms with Crippen molar-refractivity contribution in [2.75, 3.05) is 20.7 Å². The van der Waals surface area contributed by atoms with Crippen molar-refractivity contribution in [3.63, 3.8) is 0 Å². The minimum atomic E-state index is -1.000. The van der Waals surface area contributed by atoms with Crippen LogP contribution < -0.4 is 10.1 Å². The largest absolute Gasteiger partial charge is 0.497 e. The molecule has 0 spiro atoms. The Labute approximate surface area is 333 Å². The van der Waals surface area contributed by atoms with Crippen molar-refractivity contribution in [1.29, 1.82) is 0 Å². The Kier molecular flexibility index (Phi) is 14.5. The maximum atomic E-state index is 14.6. The molecule has 2 amide bonds. The molecule has 11 nitrogen and oxygen atoms in total. The van der Waals surface area contributed by atoms with Gasteiger partial charge in [0.15, 0.2) is 6.10 Å². The molecule has 0 bridgehead atoms. The maximum absolute atomic E-state index is 14.6. The van der Waals surface area contributed by atoms with E-state index in [0.717, 1.165) is 14.9 Å². The number of carbonyl (C=O) groups excluding carboxylic acids is 1. The van der Waals surface area contributed by atoms with E-state index in [4.69, 9.17) is 14.5 Å². The summed E-state index contributed by atoms with van der Waals surface area (Å²) >= 11 is 7.48. The minimum Gasteiger partial charge on any atom is -0.497 e. The topological polar surface area (TPSA) is 140 Å². The second-order valence-corrected chi connectivity index (χ2v) is 18.8. The molecule has 0 aliphatic heterocycles. The molecule has 1 aromatic carbocycles. The highest BCUT2D eigenvalue weighted by Gasteiger charge is 2.34. The molecule has 0 aliphatic rings. The third-order valence-electron chi connectivity index (χ3n) is 7.22. The van der Waals surface area contributed by atoms with Crippen LogP contribution in [0.25, 0.3) is 22.5 Å². The van der Waals surface area contributed by atoms with E-state index in [1.807, 2.05) is 65.8 Å². The fourth-order valence-electron chi connectivity index (χ4n) is 4.84. The number of halogens is 3. The van der Waals surface area contributed by atoms with E-state index in [1.54, 1.807) is 31.4 Å². The molecule has 5 rings (SSSR count). The standard InChI is InChI=1S/C22H24FN3O3S2.C15H17BrFN3O2S/c1-22(2,3)17(29-21(27)24-4)19-26-16(15-10-7-11-25-18(15)23)20(31-19)30-14-9-6-8-13(12-14)28-5;1-15(2,3)8-20(14(21)22)7-10-19-11(12(16)23-10)9-5-4-6-18-13(9)17/h6-12,17H,1-5H3,(H,24,27);4-6H,7-8H2,1-3H3,(H,21,22). The first-order valence-electron chi connectivity index (χ1n) is 16.5. The highest BCUT2D eigenvalue weighted by Crippen LogP contribution is 2.46. The van der Waals surface area contributed by atoms with Gasteiger partial charge in [0.1, 0.15) is 27.2 Å². The molecule has 2 N–H and O–H groups in total. The van der Waals surface area contributed by atoms with Gasteiger partial charge in [0.05, 0.1) is 32.8 Å². The maximum Gasteiger partial charge on any atom is 0.407 e. The van der Waals surface area contributed by atoms with Gasteiger partial charge in [-0.3, -0.25) is 0 Å². The lowest BCUT2D eigenvalue weighted by molar-refractivity contribution is 0.0313. The molecule has 0 aliphatic carbocycles. The van der Waals surface area contributed by atoms with Crippen molar-refractivity contribution in [1.82, 2.24) is 30.2 Å². The van der Waals surface area contributed by atoms with Crippen molar-refractivity contribution in [3.05, 3.63) is 86.6 Å². The average Bonchev–Trinajstić information content (AvgIpc) is 3.68. The molecule has 1 unspecified atom stereocenters. The first-order valence-corrected chi connectivity index (χ1v) is 19.7. The molecule has 4 heterocycles. The Hall–Kier alpha value is -4.19. The number of carboxylic acid groups (broad SMARTS) is 1. The molecule has 5 aromatic rings. The van der Waals surface area contributed by atoms with Gasteiger partial charge in [-0.25, -0.2) is 29.5 Å². The smallest absolute Gasteiger partial charge is 0.407 e. The zero-order valence-electron chi connectivity index (χ0n) is 30.9. The van der Waals surface area contributed by atoms with Crippen LogP contribution in [-0.2, 0) is 11.3 Å². The number of thiazole rings is 2. The van der Waals surface area contributed by atoms with Crippen LogP contribution in [0.3, 0.4) is 0 Å². The van der Waals surface area contributed by atoms with Gasteiger partial charge < -0.3 is 24.8 Å². The fraction of sp³-hybridized carbons (Fsp3) is 0.351. The first-order chi connectivity index (χ1) is 25.4. The number of rotatable bonds is 10. The van der Waals surface area contributed by atoms with E-state index in [9.17, 15) is 23.5 Å². The summed E-state index contributed by atoms with van der Waals surface area (Å²) in [5.74, 6) is -0.486. The van der Waals surface area contributed by atoms with Crippen LogP contribution in [0, 0.1) is 22.7 Å². The van der Waals surface area contributed by atoms with Gasteiger partial charge in [0, 0.05) is 36.3 Å². The summed E-state index contributed by atoms with van der Waals surface area (Å²) in [4.78, 5) is 42.1. The van der Waals surface area contributed by atoms with Crippen LogP contribution in [0.4, 0.5) is 18.4 Å². The Morgan fingerprint density at radius 3 is 2.13 bits per heavy atom. The minimum absolute atomic E-state index is 0.162. The second-order valence-electron chi connectivity index (χ2n) is 14.0. The summed E-state index contributed by atoms with van der Waals surface area (Å²) in [6, 6.07) is 14.1. The molecule has 1 atom stereocenters. The van der Waals surface area contributed by atoms with E-state index in [2.05, 4.69) is 36.2 Å². The van der Waals surface area contributed by atoms with Crippen LogP contribution in [0.15, 0.2) is 73.8 Å². The van der Waals surface area contributed by atoms with Gasteiger partial charge in [0.2, 0.25) is 11.9 Å². The van der Waals surface area contributed by atoms with E-state index in [0.29, 0.717) is 42.9 Å². The summed E-state index contributed by atoms with van der Waals surface area (Å²) < 4.78 is 40.7. The van der Waals surface area contributed by atoms with Crippen LogP contribution in [-0.4, -0.2) is 62.8 Å². The number of carbonyl (C=O) groups is 2. The molecule has 54 heavy (non-hydrogen) atoms. The van der Waals surface area contributed by atoms with Crippen molar-refractivity contribution in [3.8, 4) is 28.3 Å². The highest BCUT2D eigenvalue weighted by molar-refractivity contribution is 9.11.